The molecule has 0 bridgehead atoms. The number of thiophene rings is 1. The van der Waals surface area contributed by atoms with Crippen molar-refractivity contribution in [3.8, 4) is 0 Å². The minimum Gasteiger partial charge on any atom is -0.318 e. The normalized spacial score (nSPS) is 13.1. The molecule has 0 saturated heterocycles. The average molecular weight is 212 g/mol. The third-order valence-electron chi connectivity index (χ3n) is 1.86. The van der Waals surface area contributed by atoms with Crippen LogP contribution < -0.4 is 5.73 Å². The van der Waals surface area contributed by atoms with Gasteiger partial charge in [0.15, 0.2) is 0 Å². The van der Waals surface area contributed by atoms with Crippen LogP contribution in [-0.2, 0) is 7.05 Å². The molecule has 0 radical (unpaired) electrons. The van der Waals surface area contributed by atoms with Crippen molar-refractivity contribution < 1.29 is 4.39 Å². The SMILES string of the molecule is Cn1ncc(C(N)c2sccc2F)n1. The Kier molecular flexibility index (Phi) is 2.30. The van der Waals surface area contributed by atoms with E-state index in [0.29, 0.717) is 10.6 Å². The van der Waals surface area contributed by atoms with Crippen molar-refractivity contribution in [1.82, 2.24) is 15.0 Å². The summed E-state index contributed by atoms with van der Waals surface area (Å²) >= 11 is 1.28. The van der Waals surface area contributed by atoms with Gasteiger partial charge in [-0.15, -0.1) is 11.3 Å². The van der Waals surface area contributed by atoms with Gasteiger partial charge in [-0.2, -0.15) is 15.0 Å². The molecule has 1 atom stereocenters. The zero-order chi connectivity index (χ0) is 10.1. The van der Waals surface area contributed by atoms with Crippen LogP contribution in [0.1, 0.15) is 16.6 Å². The molecule has 0 aliphatic heterocycles. The van der Waals surface area contributed by atoms with E-state index in [0.717, 1.165) is 0 Å². The third kappa shape index (κ3) is 1.53. The van der Waals surface area contributed by atoms with Crippen LogP contribution in [0.4, 0.5) is 4.39 Å². The van der Waals surface area contributed by atoms with E-state index < -0.39 is 6.04 Å². The maximum atomic E-state index is 13.2. The molecule has 0 aliphatic rings. The van der Waals surface area contributed by atoms with Gasteiger partial charge in [0.05, 0.1) is 17.1 Å². The Labute approximate surface area is 84.2 Å². The molecule has 0 fully saturated rings. The van der Waals surface area contributed by atoms with Crippen LogP contribution in [0, 0.1) is 5.82 Å². The first-order valence-electron chi connectivity index (χ1n) is 4.03. The van der Waals surface area contributed by atoms with E-state index in [1.807, 2.05) is 0 Å². The standard InChI is InChI=1S/C8H9FN4S/c1-13-11-4-6(12-13)7(10)8-5(9)2-3-14-8/h2-4,7H,10H2,1H3. The van der Waals surface area contributed by atoms with Crippen molar-refractivity contribution in [3.05, 3.63) is 34.0 Å². The van der Waals surface area contributed by atoms with Crippen molar-refractivity contribution in [2.24, 2.45) is 12.8 Å². The van der Waals surface area contributed by atoms with Gasteiger partial charge in [0.25, 0.3) is 0 Å². The van der Waals surface area contributed by atoms with E-state index in [1.54, 1.807) is 18.6 Å². The molecule has 1 unspecified atom stereocenters. The molecule has 6 heteroatoms. The van der Waals surface area contributed by atoms with Gasteiger partial charge < -0.3 is 5.73 Å². The Morgan fingerprint density at radius 3 is 2.93 bits per heavy atom. The molecule has 2 rings (SSSR count). The molecule has 2 heterocycles. The van der Waals surface area contributed by atoms with E-state index in [4.69, 9.17) is 5.73 Å². The van der Waals surface area contributed by atoms with E-state index >= 15 is 0 Å². The van der Waals surface area contributed by atoms with E-state index in [1.165, 1.54) is 22.2 Å². The summed E-state index contributed by atoms with van der Waals surface area (Å²) in [4.78, 5) is 1.89. The lowest BCUT2D eigenvalue weighted by Gasteiger charge is -2.04. The summed E-state index contributed by atoms with van der Waals surface area (Å²) in [6, 6.07) is 0.875. The summed E-state index contributed by atoms with van der Waals surface area (Å²) in [6.45, 7) is 0. The molecule has 2 N–H and O–H groups in total. The number of nitrogens with zero attached hydrogens (tertiary/aromatic N) is 3. The molecule has 14 heavy (non-hydrogen) atoms. The maximum Gasteiger partial charge on any atom is 0.139 e. The van der Waals surface area contributed by atoms with Gasteiger partial charge in [0, 0.05) is 7.05 Å². The number of hydrogen-bond acceptors (Lipinski definition) is 4. The molecule has 4 nitrogen and oxygen atoms in total. The van der Waals surface area contributed by atoms with Gasteiger partial charge >= 0.3 is 0 Å². The largest absolute Gasteiger partial charge is 0.318 e. The smallest absolute Gasteiger partial charge is 0.139 e. The number of hydrogen-bond donors (Lipinski definition) is 1. The summed E-state index contributed by atoms with van der Waals surface area (Å²) in [6.07, 6.45) is 1.55. The molecular formula is C8H9FN4S. The van der Waals surface area contributed by atoms with Crippen LogP contribution in [0.5, 0.6) is 0 Å². The van der Waals surface area contributed by atoms with Crippen molar-refractivity contribution >= 4 is 11.3 Å². The second-order valence-corrected chi connectivity index (χ2v) is 3.82. The first kappa shape index (κ1) is 9.29. The Hall–Kier alpha value is -1.27. The number of nitrogens with two attached hydrogens (primary N) is 1. The number of aromatic nitrogens is 3. The minimum atomic E-state index is -0.524. The topological polar surface area (TPSA) is 56.7 Å². The number of halogens is 1. The Morgan fingerprint density at radius 1 is 1.64 bits per heavy atom. The fraction of sp³-hybridized carbons (Fsp3) is 0.250. The van der Waals surface area contributed by atoms with Crippen LogP contribution in [0.2, 0.25) is 0 Å². The predicted molar refractivity (Wildman–Crippen MR) is 51.3 cm³/mol. The predicted octanol–water partition coefficient (Wildman–Crippen LogP) is 1.06. The van der Waals surface area contributed by atoms with Crippen LogP contribution >= 0.6 is 11.3 Å². The molecule has 0 spiro atoms. The molecule has 0 saturated carbocycles. The molecular weight excluding hydrogens is 203 g/mol. The van der Waals surface area contributed by atoms with E-state index in [-0.39, 0.29) is 5.82 Å². The van der Waals surface area contributed by atoms with Crippen LogP contribution in [-0.4, -0.2) is 15.0 Å². The highest BCUT2D eigenvalue weighted by atomic mass is 32.1. The second-order valence-electron chi connectivity index (χ2n) is 2.87. The van der Waals surface area contributed by atoms with E-state index in [2.05, 4.69) is 10.2 Å². The quantitative estimate of drug-likeness (QED) is 0.810. The van der Waals surface area contributed by atoms with Gasteiger partial charge in [-0.25, -0.2) is 4.39 Å². The Morgan fingerprint density at radius 2 is 2.43 bits per heavy atom. The van der Waals surface area contributed by atoms with Gasteiger partial charge in [0.2, 0.25) is 0 Å². The van der Waals surface area contributed by atoms with Gasteiger partial charge in [-0.1, -0.05) is 0 Å². The fourth-order valence-corrected chi connectivity index (χ4v) is 1.95. The van der Waals surface area contributed by atoms with Crippen molar-refractivity contribution in [2.75, 3.05) is 0 Å². The zero-order valence-electron chi connectivity index (χ0n) is 7.51. The number of aryl methyl sites for hydroxylation is 1. The monoisotopic (exact) mass is 212 g/mol. The van der Waals surface area contributed by atoms with Crippen molar-refractivity contribution in [2.45, 2.75) is 6.04 Å². The van der Waals surface area contributed by atoms with Crippen LogP contribution in [0.25, 0.3) is 0 Å². The first-order chi connectivity index (χ1) is 6.68. The molecule has 0 aromatic carbocycles. The van der Waals surface area contributed by atoms with Gasteiger partial charge in [-0.3, -0.25) is 0 Å². The van der Waals surface area contributed by atoms with Crippen molar-refractivity contribution in [1.29, 1.82) is 0 Å². The molecule has 2 aromatic heterocycles. The minimum absolute atomic E-state index is 0.284. The lowest BCUT2D eigenvalue weighted by molar-refractivity contribution is 0.600. The van der Waals surface area contributed by atoms with Gasteiger partial charge in [0.1, 0.15) is 11.5 Å². The lowest BCUT2D eigenvalue weighted by atomic mass is 10.2. The summed E-state index contributed by atoms with van der Waals surface area (Å²) in [5.74, 6) is -0.284. The zero-order valence-corrected chi connectivity index (χ0v) is 8.33. The average Bonchev–Trinajstić information content (AvgIpc) is 2.73. The fourth-order valence-electron chi connectivity index (χ4n) is 1.17. The van der Waals surface area contributed by atoms with Crippen molar-refractivity contribution in [3.63, 3.8) is 0 Å². The number of rotatable bonds is 2. The lowest BCUT2D eigenvalue weighted by Crippen LogP contribution is -2.12. The second kappa shape index (κ2) is 3.47. The maximum absolute atomic E-state index is 13.2. The van der Waals surface area contributed by atoms with E-state index in [9.17, 15) is 4.39 Å². The highest BCUT2D eigenvalue weighted by Gasteiger charge is 2.17. The highest BCUT2D eigenvalue weighted by molar-refractivity contribution is 7.10. The summed E-state index contributed by atoms with van der Waals surface area (Å²) in [5.41, 5.74) is 6.41. The van der Waals surface area contributed by atoms with Crippen LogP contribution in [0.3, 0.4) is 0 Å². The van der Waals surface area contributed by atoms with Crippen LogP contribution in [0.15, 0.2) is 17.6 Å². The third-order valence-corrected chi connectivity index (χ3v) is 2.84. The highest BCUT2D eigenvalue weighted by Crippen LogP contribution is 2.25. The Bertz CT molecular complexity index is 436. The van der Waals surface area contributed by atoms with Gasteiger partial charge in [-0.05, 0) is 11.4 Å². The Balaban J connectivity index is 2.33. The summed E-state index contributed by atoms with van der Waals surface area (Å²) < 4.78 is 13.2. The molecule has 74 valence electrons. The molecule has 2 aromatic rings. The molecule has 0 amide bonds. The molecule has 0 aliphatic carbocycles. The first-order valence-corrected chi connectivity index (χ1v) is 4.91. The summed E-state index contributed by atoms with van der Waals surface area (Å²) in [5, 5.41) is 9.58. The summed E-state index contributed by atoms with van der Waals surface area (Å²) in [7, 11) is 1.70.